The minimum absolute atomic E-state index is 0.108. The fraction of sp³-hybridized carbons (Fsp3) is 0.346. The summed E-state index contributed by atoms with van der Waals surface area (Å²) in [6, 6.07) is 21.1. The van der Waals surface area contributed by atoms with Gasteiger partial charge in [-0.25, -0.2) is 4.98 Å². The highest BCUT2D eigenvalue weighted by atomic mass is 16.5. The molecule has 1 aromatic heterocycles. The van der Waals surface area contributed by atoms with Gasteiger partial charge in [-0.1, -0.05) is 36.4 Å². The molecular formula is C26H33N3O2. The number of rotatable bonds is 11. The standard InChI is InChI=1S/C26H33N3O2/c1-5-31-19(2)17-29-26-23(12-9-15-27-26)24-16-21(13-14-25(24)30-4)18-28-20(3)22-10-7-6-8-11-22/h6-16,19-20,28H,5,17-18H2,1-4H3,(H,27,29). The molecule has 0 radical (unpaired) electrons. The molecule has 0 fully saturated rings. The number of hydrogen-bond acceptors (Lipinski definition) is 5. The van der Waals surface area contributed by atoms with Gasteiger partial charge in [0, 0.05) is 43.1 Å². The van der Waals surface area contributed by atoms with Crippen molar-refractivity contribution in [1.29, 1.82) is 0 Å². The number of anilines is 1. The second-order valence-corrected chi connectivity index (χ2v) is 7.59. The highest BCUT2D eigenvalue weighted by Gasteiger charge is 2.14. The second kappa shape index (κ2) is 11.5. The fourth-order valence-corrected chi connectivity index (χ4v) is 3.55. The van der Waals surface area contributed by atoms with E-state index in [1.807, 2.05) is 25.1 Å². The van der Waals surface area contributed by atoms with Crippen molar-refractivity contribution in [1.82, 2.24) is 10.3 Å². The van der Waals surface area contributed by atoms with Crippen molar-refractivity contribution >= 4 is 5.82 Å². The van der Waals surface area contributed by atoms with E-state index in [1.54, 1.807) is 13.3 Å². The van der Waals surface area contributed by atoms with Crippen LogP contribution in [0.1, 0.15) is 37.9 Å². The molecule has 2 atom stereocenters. The molecule has 0 bridgehead atoms. The van der Waals surface area contributed by atoms with Crippen LogP contribution in [0.15, 0.2) is 66.9 Å². The van der Waals surface area contributed by atoms with Crippen molar-refractivity contribution in [2.24, 2.45) is 0 Å². The van der Waals surface area contributed by atoms with Crippen molar-refractivity contribution in [3.05, 3.63) is 78.0 Å². The maximum atomic E-state index is 5.67. The summed E-state index contributed by atoms with van der Waals surface area (Å²) in [4.78, 5) is 4.57. The van der Waals surface area contributed by atoms with E-state index in [9.17, 15) is 0 Å². The van der Waals surface area contributed by atoms with E-state index in [0.717, 1.165) is 29.2 Å². The third kappa shape index (κ3) is 6.29. The van der Waals surface area contributed by atoms with E-state index in [4.69, 9.17) is 9.47 Å². The quantitative estimate of drug-likeness (QED) is 0.433. The van der Waals surface area contributed by atoms with Crippen molar-refractivity contribution < 1.29 is 9.47 Å². The number of nitrogens with zero attached hydrogens (tertiary/aromatic N) is 1. The smallest absolute Gasteiger partial charge is 0.134 e. The maximum absolute atomic E-state index is 5.67. The van der Waals surface area contributed by atoms with Crippen molar-refractivity contribution in [3.8, 4) is 16.9 Å². The zero-order chi connectivity index (χ0) is 22.1. The molecule has 2 aromatic carbocycles. The molecule has 31 heavy (non-hydrogen) atoms. The van der Waals surface area contributed by atoms with E-state index >= 15 is 0 Å². The second-order valence-electron chi connectivity index (χ2n) is 7.59. The third-order valence-electron chi connectivity index (χ3n) is 5.28. The Hall–Kier alpha value is -2.89. The van der Waals surface area contributed by atoms with Crippen LogP contribution in [0.5, 0.6) is 5.75 Å². The Morgan fingerprint density at radius 3 is 2.52 bits per heavy atom. The molecule has 3 rings (SSSR count). The molecule has 2 unspecified atom stereocenters. The number of nitrogens with one attached hydrogen (secondary N) is 2. The van der Waals surface area contributed by atoms with Gasteiger partial charge < -0.3 is 20.1 Å². The van der Waals surface area contributed by atoms with Crippen LogP contribution in [-0.4, -0.2) is 31.3 Å². The van der Waals surface area contributed by atoms with Crippen molar-refractivity contribution in [2.45, 2.75) is 39.5 Å². The zero-order valence-corrected chi connectivity index (χ0v) is 18.9. The summed E-state index contributed by atoms with van der Waals surface area (Å²) in [6.07, 6.45) is 1.91. The van der Waals surface area contributed by atoms with Crippen LogP contribution in [0.25, 0.3) is 11.1 Å². The highest BCUT2D eigenvalue weighted by Crippen LogP contribution is 2.35. The van der Waals surface area contributed by atoms with Crippen molar-refractivity contribution in [2.75, 3.05) is 25.6 Å². The lowest BCUT2D eigenvalue weighted by Crippen LogP contribution is -2.20. The highest BCUT2D eigenvalue weighted by molar-refractivity contribution is 5.80. The number of ether oxygens (including phenoxy) is 2. The van der Waals surface area contributed by atoms with Gasteiger partial charge in [-0.2, -0.15) is 0 Å². The van der Waals surface area contributed by atoms with E-state index < -0.39 is 0 Å². The topological polar surface area (TPSA) is 55.4 Å². The summed E-state index contributed by atoms with van der Waals surface area (Å²) < 4.78 is 11.3. The minimum Gasteiger partial charge on any atom is -0.496 e. The summed E-state index contributed by atoms with van der Waals surface area (Å²) >= 11 is 0. The molecule has 3 aromatic rings. The molecule has 0 aliphatic heterocycles. The van der Waals surface area contributed by atoms with Crippen LogP contribution in [0, 0.1) is 0 Å². The number of pyridine rings is 1. The first-order valence-corrected chi connectivity index (χ1v) is 10.9. The fourth-order valence-electron chi connectivity index (χ4n) is 3.55. The van der Waals surface area contributed by atoms with Crippen LogP contribution >= 0.6 is 0 Å². The zero-order valence-electron chi connectivity index (χ0n) is 18.9. The average Bonchev–Trinajstić information content (AvgIpc) is 2.82. The molecule has 2 N–H and O–H groups in total. The lowest BCUT2D eigenvalue weighted by Gasteiger charge is -2.18. The first-order valence-electron chi connectivity index (χ1n) is 10.9. The van der Waals surface area contributed by atoms with E-state index in [2.05, 4.69) is 71.9 Å². The number of aromatic nitrogens is 1. The Bertz CT molecular complexity index is 946. The lowest BCUT2D eigenvalue weighted by molar-refractivity contribution is 0.0855. The van der Waals surface area contributed by atoms with Gasteiger partial charge in [0.05, 0.1) is 13.2 Å². The van der Waals surface area contributed by atoms with Gasteiger partial charge in [0.1, 0.15) is 11.6 Å². The SMILES string of the molecule is CCOC(C)CNc1ncccc1-c1cc(CNC(C)c2ccccc2)ccc1OC. The van der Waals surface area contributed by atoms with Gasteiger partial charge in [-0.3, -0.25) is 0 Å². The van der Waals surface area contributed by atoms with Crippen LogP contribution < -0.4 is 15.4 Å². The molecule has 1 heterocycles. The van der Waals surface area contributed by atoms with Gasteiger partial charge in [-0.05, 0) is 56.2 Å². The van der Waals surface area contributed by atoms with Crippen LogP contribution in [0.2, 0.25) is 0 Å². The summed E-state index contributed by atoms with van der Waals surface area (Å²) in [5.41, 5.74) is 4.50. The average molecular weight is 420 g/mol. The lowest BCUT2D eigenvalue weighted by atomic mass is 10.0. The Kier molecular flexibility index (Phi) is 8.44. The number of hydrogen-bond donors (Lipinski definition) is 2. The molecule has 164 valence electrons. The summed E-state index contributed by atoms with van der Waals surface area (Å²) in [6.45, 7) is 8.39. The van der Waals surface area contributed by atoms with Gasteiger partial charge in [-0.15, -0.1) is 0 Å². The van der Waals surface area contributed by atoms with Gasteiger partial charge >= 0.3 is 0 Å². The number of methoxy groups -OCH3 is 1. The maximum Gasteiger partial charge on any atom is 0.134 e. The van der Waals surface area contributed by atoms with Crippen LogP contribution in [0.3, 0.4) is 0 Å². The Morgan fingerprint density at radius 2 is 1.77 bits per heavy atom. The van der Waals surface area contributed by atoms with Crippen molar-refractivity contribution in [3.63, 3.8) is 0 Å². The Balaban J connectivity index is 1.79. The monoisotopic (exact) mass is 419 g/mol. The molecule has 0 aliphatic carbocycles. The largest absolute Gasteiger partial charge is 0.496 e. The molecule has 0 amide bonds. The molecule has 0 aliphatic rings. The van der Waals surface area contributed by atoms with Gasteiger partial charge in [0.15, 0.2) is 0 Å². The van der Waals surface area contributed by atoms with E-state index in [1.165, 1.54) is 11.1 Å². The summed E-state index contributed by atoms with van der Waals surface area (Å²) in [5, 5.41) is 7.04. The third-order valence-corrected chi connectivity index (χ3v) is 5.28. The summed E-state index contributed by atoms with van der Waals surface area (Å²) in [5.74, 6) is 1.66. The van der Waals surface area contributed by atoms with Gasteiger partial charge in [0.25, 0.3) is 0 Å². The molecule has 0 spiro atoms. The first kappa shape index (κ1) is 22.8. The molecule has 5 heteroatoms. The molecule has 0 saturated carbocycles. The predicted molar refractivity (Wildman–Crippen MR) is 127 cm³/mol. The predicted octanol–water partition coefficient (Wildman–Crippen LogP) is 5.44. The van der Waals surface area contributed by atoms with Gasteiger partial charge in [0.2, 0.25) is 0 Å². The molecular weight excluding hydrogens is 386 g/mol. The Labute approximate surface area is 185 Å². The summed E-state index contributed by atoms with van der Waals surface area (Å²) in [7, 11) is 1.70. The first-order chi connectivity index (χ1) is 15.1. The van der Waals surface area contributed by atoms with Crippen LogP contribution in [-0.2, 0) is 11.3 Å². The van der Waals surface area contributed by atoms with Crippen LogP contribution in [0.4, 0.5) is 5.82 Å². The van der Waals surface area contributed by atoms with E-state index in [0.29, 0.717) is 13.2 Å². The van der Waals surface area contributed by atoms with E-state index in [-0.39, 0.29) is 12.1 Å². The molecule has 5 nitrogen and oxygen atoms in total. The Morgan fingerprint density at radius 1 is 0.968 bits per heavy atom. The minimum atomic E-state index is 0.108. The molecule has 0 saturated heterocycles. The number of benzene rings is 2. The normalized spacial score (nSPS) is 12.9.